The van der Waals surface area contributed by atoms with Gasteiger partial charge in [0.25, 0.3) is 0 Å². The second kappa shape index (κ2) is 9.12. The van der Waals surface area contributed by atoms with Crippen LogP contribution in [0.25, 0.3) is 11.1 Å². The fraction of sp³-hybridized carbons (Fsp3) is 0.444. The second-order valence-electron chi connectivity index (χ2n) is 10.4. The van der Waals surface area contributed by atoms with Crippen LogP contribution in [0.5, 0.6) is 0 Å². The van der Waals surface area contributed by atoms with Crippen LogP contribution in [-0.4, -0.2) is 42.3 Å². The monoisotopic (exact) mass is 464 g/mol. The van der Waals surface area contributed by atoms with Gasteiger partial charge < -0.3 is 20.5 Å². The smallest absolute Gasteiger partial charge is 0.407 e. The molecule has 2 amide bonds. The van der Waals surface area contributed by atoms with Crippen LogP contribution in [0, 0.1) is 10.8 Å². The maximum atomic E-state index is 12.9. The Kier molecular flexibility index (Phi) is 6.39. The summed E-state index contributed by atoms with van der Waals surface area (Å²) in [5.41, 5.74) is 3.51. The number of benzene rings is 2. The summed E-state index contributed by atoms with van der Waals surface area (Å²) < 4.78 is 5.57. The number of hydrogen-bond acceptors (Lipinski definition) is 4. The molecule has 0 aromatic heterocycles. The average Bonchev–Trinajstić information content (AvgIpc) is 3.52. The summed E-state index contributed by atoms with van der Waals surface area (Å²) in [5, 5.41) is 14.9. The number of carbonyl (C=O) groups excluding carboxylic acids is 2. The number of carbonyl (C=O) groups is 3. The minimum Gasteiger partial charge on any atom is -0.481 e. The number of ether oxygens (including phenoxy) is 1. The van der Waals surface area contributed by atoms with E-state index in [1.54, 1.807) is 0 Å². The molecule has 2 aliphatic carbocycles. The van der Waals surface area contributed by atoms with Crippen molar-refractivity contribution >= 4 is 18.0 Å². The molecular weight excluding hydrogens is 432 g/mol. The first kappa shape index (κ1) is 23.8. The van der Waals surface area contributed by atoms with Crippen molar-refractivity contribution in [2.75, 3.05) is 13.2 Å². The Balaban J connectivity index is 1.33. The SMILES string of the molecule is CC(C)(C)C(CC(=O)O)NC(=O)C1(CNC(=O)OCC2c3ccccc3-c3ccccc32)CC1. The van der Waals surface area contributed by atoms with E-state index in [0.29, 0.717) is 12.8 Å². The number of aliphatic carboxylic acids is 1. The van der Waals surface area contributed by atoms with E-state index >= 15 is 0 Å². The molecule has 0 radical (unpaired) electrons. The number of carboxylic acid groups (broad SMARTS) is 1. The van der Waals surface area contributed by atoms with E-state index < -0.39 is 28.9 Å². The van der Waals surface area contributed by atoms with Crippen molar-refractivity contribution in [3.8, 4) is 11.1 Å². The quantitative estimate of drug-likeness (QED) is 0.540. The van der Waals surface area contributed by atoms with Gasteiger partial charge in [-0.05, 0) is 40.5 Å². The minimum atomic E-state index is -0.957. The van der Waals surface area contributed by atoms with Crippen molar-refractivity contribution in [3.05, 3.63) is 59.7 Å². The highest BCUT2D eigenvalue weighted by Crippen LogP contribution is 2.46. The molecule has 1 atom stereocenters. The minimum absolute atomic E-state index is 0.0279. The number of fused-ring (bicyclic) bond motifs is 3. The Labute approximate surface area is 199 Å². The van der Waals surface area contributed by atoms with Crippen LogP contribution >= 0.6 is 0 Å². The van der Waals surface area contributed by atoms with Crippen LogP contribution in [0.15, 0.2) is 48.5 Å². The van der Waals surface area contributed by atoms with Gasteiger partial charge in [-0.15, -0.1) is 0 Å². The zero-order valence-electron chi connectivity index (χ0n) is 19.9. The van der Waals surface area contributed by atoms with Gasteiger partial charge in [-0.3, -0.25) is 9.59 Å². The highest BCUT2D eigenvalue weighted by molar-refractivity contribution is 5.87. The molecule has 0 heterocycles. The number of hydrogen-bond donors (Lipinski definition) is 3. The van der Waals surface area contributed by atoms with Crippen LogP contribution in [-0.2, 0) is 14.3 Å². The lowest BCUT2D eigenvalue weighted by atomic mass is 9.84. The second-order valence-corrected chi connectivity index (χ2v) is 10.4. The number of carboxylic acids is 1. The Morgan fingerprint density at radius 1 is 1.03 bits per heavy atom. The van der Waals surface area contributed by atoms with Gasteiger partial charge in [0.2, 0.25) is 5.91 Å². The summed E-state index contributed by atoms with van der Waals surface area (Å²) in [5.74, 6) is -1.20. The molecule has 0 spiro atoms. The molecular formula is C27H32N2O5. The van der Waals surface area contributed by atoms with E-state index in [1.807, 2.05) is 45.0 Å². The molecule has 1 unspecified atom stereocenters. The fourth-order valence-electron chi connectivity index (χ4n) is 4.59. The first-order valence-electron chi connectivity index (χ1n) is 11.7. The lowest BCUT2D eigenvalue weighted by molar-refractivity contribution is -0.138. The summed E-state index contributed by atoms with van der Waals surface area (Å²) in [4.78, 5) is 36.7. The molecule has 2 aromatic carbocycles. The molecule has 3 N–H and O–H groups in total. The molecule has 4 rings (SSSR count). The van der Waals surface area contributed by atoms with Crippen molar-refractivity contribution in [1.29, 1.82) is 0 Å². The van der Waals surface area contributed by atoms with Crippen LogP contribution in [0.2, 0.25) is 0 Å². The molecule has 180 valence electrons. The zero-order valence-corrected chi connectivity index (χ0v) is 19.9. The van der Waals surface area contributed by atoms with Gasteiger partial charge in [0.15, 0.2) is 0 Å². The molecule has 0 saturated heterocycles. The third-order valence-electron chi connectivity index (χ3n) is 6.98. The van der Waals surface area contributed by atoms with Gasteiger partial charge in [0.05, 0.1) is 11.8 Å². The van der Waals surface area contributed by atoms with Crippen molar-refractivity contribution in [3.63, 3.8) is 0 Å². The van der Waals surface area contributed by atoms with E-state index in [0.717, 1.165) is 22.3 Å². The van der Waals surface area contributed by atoms with Crippen LogP contribution in [0.1, 0.15) is 57.1 Å². The standard InChI is InChI=1S/C27H32N2O5/c1-26(2,3)22(14-23(30)31)29-24(32)27(12-13-27)16-28-25(33)34-15-21-19-10-6-4-8-17(19)18-9-5-7-11-20(18)21/h4-11,21-22H,12-16H2,1-3H3,(H,28,33)(H,29,32)(H,30,31). The highest BCUT2D eigenvalue weighted by Gasteiger charge is 2.51. The summed E-state index contributed by atoms with van der Waals surface area (Å²) in [6.07, 6.45) is 0.586. The highest BCUT2D eigenvalue weighted by atomic mass is 16.5. The van der Waals surface area contributed by atoms with Gasteiger partial charge in [-0.25, -0.2) is 4.79 Å². The maximum Gasteiger partial charge on any atom is 0.407 e. The molecule has 2 aromatic rings. The van der Waals surface area contributed by atoms with Gasteiger partial charge in [-0.1, -0.05) is 69.3 Å². The van der Waals surface area contributed by atoms with Crippen LogP contribution in [0.3, 0.4) is 0 Å². The Bertz CT molecular complexity index is 1050. The first-order chi connectivity index (χ1) is 16.1. The lowest BCUT2D eigenvalue weighted by Crippen LogP contribution is -2.49. The Morgan fingerprint density at radius 3 is 2.09 bits per heavy atom. The molecule has 34 heavy (non-hydrogen) atoms. The van der Waals surface area contributed by atoms with Gasteiger partial charge >= 0.3 is 12.1 Å². The summed E-state index contributed by atoms with van der Waals surface area (Å²) in [7, 11) is 0. The third-order valence-corrected chi connectivity index (χ3v) is 6.98. The number of rotatable bonds is 8. The first-order valence-corrected chi connectivity index (χ1v) is 11.7. The topological polar surface area (TPSA) is 105 Å². The molecule has 0 bridgehead atoms. The van der Waals surface area contributed by atoms with Gasteiger partial charge in [-0.2, -0.15) is 0 Å². The fourth-order valence-corrected chi connectivity index (χ4v) is 4.59. The zero-order chi connectivity index (χ0) is 24.5. The number of alkyl carbamates (subject to hydrolysis) is 1. The number of amides is 2. The Hall–Kier alpha value is -3.35. The lowest BCUT2D eigenvalue weighted by Gasteiger charge is -2.32. The van der Waals surface area contributed by atoms with Crippen LogP contribution < -0.4 is 10.6 Å². The van der Waals surface area contributed by atoms with E-state index in [4.69, 9.17) is 4.74 Å². The summed E-state index contributed by atoms with van der Waals surface area (Å²) in [6.45, 7) is 6.07. The van der Waals surface area contributed by atoms with Crippen molar-refractivity contribution < 1.29 is 24.2 Å². The van der Waals surface area contributed by atoms with E-state index in [9.17, 15) is 19.5 Å². The number of nitrogens with one attached hydrogen (secondary N) is 2. The van der Waals surface area contributed by atoms with Gasteiger partial charge in [0, 0.05) is 18.5 Å². The predicted molar refractivity (Wildman–Crippen MR) is 128 cm³/mol. The van der Waals surface area contributed by atoms with Crippen LogP contribution in [0.4, 0.5) is 4.79 Å². The normalized spacial score (nSPS) is 16.7. The average molecular weight is 465 g/mol. The van der Waals surface area contributed by atoms with Crippen molar-refractivity contribution in [2.24, 2.45) is 10.8 Å². The molecule has 2 aliphatic rings. The van der Waals surface area contributed by atoms with Crippen molar-refractivity contribution in [1.82, 2.24) is 10.6 Å². The summed E-state index contributed by atoms with van der Waals surface area (Å²) in [6, 6.07) is 15.8. The van der Waals surface area contributed by atoms with E-state index in [1.165, 1.54) is 0 Å². The molecule has 7 nitrogen and oxygen atoms in total. The molecule has 1 saturated carbocycles. The summed E-state index contributed by atoms with van der Waals surface area (Å²) >= 11 is 0. The third kappa shape index (κ3) is 4.93. The van der Waals surface area contributed by atoms with Gasteiger partial charge in [0.1, 0.15) is 6.61 Å². The largest absolute Gasteiger partial charge is 0.481 e. The molecule has 0 aliphatic heterocycles. The van der Waals surface area contributed by atoms with Crippen molar-refractivity contribution in [2.45, 2.75) is 52.0 Å². The maximum absolute atomic E-state index is 12.9. The molecule has 1 fully saturated rings. The Morgan fingerprint density at radius 2 is 1.59 bits per heavy atom. The van der Waals surface area contributed by atoms with E-state index in [-0.39, 0.29) is 31.4 Å². The van der Waals surface area contributed by atoms with E-state index in [2.05, 4.69) is 34.9 Å². The molecule has 7 heteroatoms. The predicted octanol–water partition coefficient (Wildman–Crippen LogP) is 4.31.